The minimum atomic E-state index is 0.411. The highest BCUT2D eigenvalue weighted by Crippen LogP contribution is 2.47. The zero-order valence-corrected chi connectivity index (χ0v) is 18.7. The van der Waals surface area contributed by atoms with Gasteiger partial charge in [0.05, 0.1) is 17.8 Å². The Labute approximate surface area is 182 Å². The number of fused-ring (bicyclic) bond motifs is 2. The van der Waals surface area contributed by atoms with Crippen LogP contribution in [0.2, 0.25) is 0 Å². The van der Waals surface area contributed by atoms with E-state index in [-0.39, 0.29) is 0 Å². The number of thiophene rings is 1. The van der Waals surface area contributed by atoms with Gasteiger partial charge in [0.2, 0.25) is 5.69 Å². The third-order valence-corrected chi connectivity index (χ3v) is 8.02. The Bertz CT molecular complexity index is 1280. The second-order valence-corrected chi connectivity index (χ2v) is 9.89. The van der Waals surface area contributed by atoms with E-state index >= 15 is 0 Å². The van der Waals surface area contributed by atoms with Crippen molar-refractivity contribution < 1.29 is 0 Å². The van der Waals surface area contributed by atoms with Gasteiger partial charge in [-0.15, -0.1) is 11.3 Å². The molecule has 0 saturated heterocycles. The fourth-order valence-corrected chi connectivity index (χ4v) is 6.65. The SMILES string of the molecule is [C-]#[N+]c1ccc(-c2[nH]c3sc(C4CCCCC4)c(C)c3c2C(C)C)c2cccnc12. The van der Waals surface area contributed by atoms with E-state index in [2.05, 4.69) is 47.7 Å². The Morgan fingerprint density at radius 3 is 2.70 bits per heavy atom. The molecule has 1 saturated carbocycles. The van der Waals surface area contributed by atoms with Crippen LogP contribution in [0.3, 0.4) is 0 Å². The van der Waals surface area contributed by atoms with Crippen LogP contribution in [0.1, 0.15) is 73.8 Å². The Morgan fingerprint density at radius 1 is 1.17 bits per heavy atom. The number of pyridine rings is 1. The summed E-state index contributed by atoms with van der Waals surface area (Å²) in [5.74, 6) is 1.14. The highest BCUT2D eigenvalue weighted by molar-refractivity contribution is 7.19. The van der Waals surface area contributed by atoms with Crippen molar-refractivity contribution in [3.05, 3.63) is 57.9 Å². The summed E-state index contributed by atoms with van der Waals surface area (Å²) in [5, 5.41) is 2.48. The summed E-state index contributed by atoms with van der Waals surface area (Å²) >= 11 is 1.97. The molecule has 152 valence electrons. The van der Waals surface area contributed by atoms with Crippen molar-refractivity contribution in [2.45, 2.75) is 64.7 Å². The van der Waals surface area contributed by atoms with Gasteiger partial charge in [0.15, 0.2) is 0 Å². The van der Waals surface area contributed by atoms with Crippen molar-refractivity contribution in [1.82, 2.24) is 9.97 Å². The van der Waals surface area contributed by atoms with Crippen molar-refractivity contribution in [2.24, 2.45) is 0 Å². The summed E-state index contributed by atoms with van der Waals surface area (Å²) in [6, 6.07) is 8.06. The van der Waals surface area contributed by atoms with E-state index in [4.69, 9.17) is 6.57 Å². The second kappa shape index (κ2) is 7.56. The molecule has 3 aromatic heterocycles. The fourth-order valence-electron chi connectivity index (χ4n) is 5.26. The number of hydrogen-bond donors (Lipinski definition) is 1. The lowest BCUT2D eigenvalue weighted by Gasteiger charge is -2.21. The smallest absolute Gasteiger partial charge is 0.212 e. The fraction of sp³-hybridized carbons (Fsp3) is 0.385. The molecule has 1 fully saturated rings. The molecule has 0 bridgehead atoms. The molecule has 0 aliphatic heterocycles. The highest BCUT2D eigenvalue weighted by atomic mass is 32.1. The van der Waals surface area contributed by atoms with Gasteiger partial charge in [0.1, 0.15) is 4.83 Å². The van der Waals surface area contributed by atoms with E-state index in [9.17, 15) is 0 Å². The molecule has 3 heterocycles. The number of nitrogens with one attached hydrogen (secondary N) is 1. The molecule has 4 heteroatoms. The number of aryl methyl sites for hydroxylation is 1. The largest absolute Gasteiger partial charge is 0.346 e. The molecule has 30 heavy (non-hydrogen) atoms. The number of nitrogens with zero attached hydrogens (tertiary/aromatic N) is 2. The van der Waals surface area contributed by atoms with Crippen molar-refractivity contribution >= 4 is 38.1 Å². The van der Waals surface area contributed by atoms with Gasteiger partial charge in [-0.3, -0.25) is 4.98 Å². The topological polar surface area (TPSA) is 33.0 Å². The quantitative estimate of drug-likeness (QED) is 0.336. The van der Waals surface area contributed by atoms with Crippen LogP contribution >= 0.6 is 11.3 Å². The van der Waals surface area contributed by atoms with Crippen LogP contribution in [-0.2, 0) is 0 Å². The van der Waals surface area contributed by atoms with Gasteiger partial charge < -0.3 is 4.98 Å². The normalized spacial score (nSPS) is 15.3. The molecule has 4 aromatic rings. The minimum absolute atomic E-state index is 0.411. The maximum absolute atomic E-state index is 7.50. The Balaban J connectivity index is 1.74. The van der Waals surface area contributed by atoms with Gasteiger partial charge in [-0.25, -0.2) is 4.85 Å². The Hall–Kier alpha value is -2.64. The predicted octanol–water partition coefficient (Wildman–Crippen LogP) is 8.47. The van der Waals surface area contributed by atoms with Gasteiger partial charge in [-0.05, 0) is 54.2 Å². The molecule has 1 aliphatic rings. The third kappa shape index (κ3) is 2.96. The molecule has 0 spiro atoms. The van der Waals surface area contributed by atoms with E-state index in [1.165, 1.54) is 59.1 Å². The van der Waals surface area contributed by atoms with Crippen molar-refractivity contribution in [3.8, 4) is 11.3 Å². The third-order valence-electron chi connectivity index (χ3n) is 6.65. The molecule has 0 radical (unpaired) electrons. The van der Waals surface area contributed by atoms with Crippen LogP contribution in [0.4, 0.5) is 5.69 Å². The lowest BCUT2D eigenvalue weighted by molar-refractivity contribution is 0.447. The first kappa shape index (κ1) is 19.3. The average molecular weight is 414 g/mol. The van der Waals surface area contributed by atoms with E-state index in [1.54, 1.807) is 11.1 Å². The molecule has 0 atom stereocenters. The van der Waals surface area contributed by atoms with Gasteiger partial charge in [-0.2, -0.15) is 0 Å². The first-order valence-electron chi connectivity index (χ1n) is 11.0. The molecule has 5 rings (SSSR count). The van der Waals surface area contributed by atoms with Crippen LogP contribution in [-0.4, -0.2) is 9.97 Å². The van der Waals surface area contributed by atoms with Crippen LogP contribution in [0.15, 0.2) is 30.5 Å². The zero-order valence-electron chi connectivity index (χ0n) is 17.9. The molecule has 1 aliphatic carbocycles. The molecular weight excluding hydrogens is 386 g/mol. The number of hydrogen-bond acceptors (Lipinski definition) is 2. The first-order valence-corrected chi connectivity index (χ1v) is 11.8. The minimum Gasteiger partial charge on any atom is -0.346 e. The monoisotopic (exact) mass is 413 g/mol. The number of rotatable bonds is 3. The lowest BCUT2D eigenvalue weighted by atomic mass is 9.86. The number of aromatic nitrogens is 2. The highest BCUT2D eigenvalue weighted by Gasteiger charge is 2.26. The van der Waals surface area contributed by atoms with Gasteiger partial charge in [-0.1, -0.05) is 51.3 Å². The molecule has 0 unspecified atom stereocenters. The van der Waals surface area contributed by atoms with Crippen molar-refractivity contribution in [2.75, 3.05) is 0 Å². The lowest BCUT2D eigenvalue weighted by Crippen LogP contribution is -2.04. The van der Waals surface area contributed by atoms with Crippen LogP contribution in [0.25, 0.3) is 37.2 Å². The van der Waals surface area contributed by atoms with Crippen LogP contribution < -0.4 is 0 Å². The molecule has 3 nitrogen and oxygen atoms in total. The van der Waals surface area contributed by atoms with E-state index in [0.717, 1.165) is 22.4 Å². The summed E-state index contributed by atoms with van der Waals surface area (Å²) in [4.78, 5) is 14.9. The molecule has 1 aromatic carbocycles. The summed E-state index contributed by atoms with van der Waals surface area (Å²) in [7, 11) is 0. The van der Waals surface area contributed by atoms with Crippen LogP contribution in [0, 0.1) is 13.5 Å². The maximum atomic E-state index is 7.50. The van der Waals surface area contributed by atoms with E-state index in [1.807, 2.05) is 23.5 Å². The predicted molar refractivity (Wildman–Crippen MR) is 128 cm³/mol. The summed E-state index contributed by atoms with van der Waals surface area (Å²) in [6.07, 6.45) is 8.57. The standard InChI is InChI=1S/C26H27N3S/c1-15(2)21-22-16(3)25(17-9-6-5-7-10-17)30-26(22)29-24(21)19-12-13-20(27-4)23-18(19)11-8-14-28-23/h8,11-15,17,29H,5-7,9-10H2,1-3H3. The number of H-pyrrole nitrogens is 1. The number of benzene rings is 1. The van der Waals surface area contributed by atoms with Gasteiger partial charge in [0, 0.05) is 22.0 Å². The average Bonchev–Trinajstić information content (AvgIpc) is 3.30. The zero-order chi connectivity index (χ0) is 20.8. The molecule has 1 N–H and O–H groups in total. The number of aromatic amines is 1. The molecular formula is C26H27N3S. The maximum Gasteiger partial charge on any atom is 0.212 e. The molecule has 0 amide bonds. The first-order chi connectivity index (χ1) is 14.6. The summed E-state index contributed by atoms with van der Waals surface area (Å²) < 4.78 is 0. The second-order valence-electron chi connectivity index (χ2n) is 8.84. The van der Waals surface area contributed by atoms with Crippen LogP contribution in [0.5, 0.6) is 0 Å². The van der Waals surface area contributed by atoms with E-state index < -0.39 is 0 Å². The Morgan fingerprint density at radius 2 is 1.97 bits per heavy atom. The van der Waals surface area contributed by atoms with Gasteiger partial charge in [0.25, 0.3) is 0 Å². The Kier molecular flexibility index (Phi) is 4.87. The van der Waals surface area contributed by atoms with Crippen molar-refractivity contribution in [1.29, 1.82) is 0 Å². The summed E-state index contributed by atoms with van der Waals surface area (Å²) in [5.41, 5.74) is 6.63. The van der Waals surface area contributed by atoms with Gasteiger partial charge >= 0.3 is 0 Å². The van der Waals surface area contributed by atoms with Crippen molar-refractivity contribution in [3.63, 3.8) is 0 Å². The summed E-state index contributed by atoms with van der Waals surface area (Å²) in [6.45, 7) is 14.4. The van der Waals surface area contributed by atoms with E-state index in [0.29, 0.717) is 11.6 Å².